The minimum absolute atomic E-state index is 0.00258. The summed E-state index contributed by atoms with van der Waals surface area (Å²) in [6.45, 7) is 1.43. The Hall–Kier alpha value is -4.93. The molecule has 2 aromatic heterocycles. The highest BCUT2D eigenvalue weighted by atomic mass is 16.5. The minimum atomic E-state index is -1.13. The number of rotatable bonds is 6. The summed E-state index contributed by atoms with van der Waals surface area (Å²) >= 11 is 0. The normalized spacial score (nSPS) is 13.6. The second-order valence-electron chi connectivity index (χ2n) is 7.80. The van der Waals surface area contributed by atoms with Crippen molar-refractivity contribution >= 4 is 40.7 Å². The quantitative estimate of drug-likeness (QED) is 0.322. The lowest BCUT2D eigenvalue weighted by molar-refractivity contribution is -0.123. The number of amides is 3. The summed E-state index contributed by atoms with van der Waals surface area (Å²) in [4.78, 5) is 66.4. The van der Waals surface area contributed by atoms with E-state index in [1.54, 1.807) is 36.4 Å². The van der Waals surface area contributed by atoms with Crippen molar-refractivity contribution in [2.24, 2.45) is 0 Å². The van der Waals surface area contributed by atoms with Crippen molar-refractivity contribution in [3.05, 3.63) is 83.4 Å². The largest absolute Gasteiger partial charge is 0.449 e. The number of esters is 1. The van der Waals surface area contributed by atoms with Gasteiger partial charge in [-0.15, -0.1) is 0 Å². The maximum absolute atomic E-state index is 12.7. The molecule has 2 N–H and O–H groups in total. The predicted octanol–water partition coefficient (Wildman–Crippen LogP) is 2.33. The fourth-order valence-electron chi connectivity index (χ4n) is 3.72. The molecule has 0 spiro atoms. The average Bonchev–Trinajstić information content (AvgIpc) is 3.44. The number of imidazole rings is 1. The number of hydrogen-bond donors (Lipinski definition) is 2. The van der Waals surface area contributed by atoms with Crippen molar-refractivity contribution in [2.75, 3.05) is 5.32 Å². The molecule has 5 rings (SSSR count). The van der Waals surface area contributed by atoms with Gasteiger partial charge in [0.1, 0.15) is 11.8 Å². The third-order valence-electron chi connectivity index (χ3n) is 5.50. The predicted molar refractivity (Wildman–Crippen MR) is 122 cm³/mol. The molecule has 0 saturated carbocycles. The van der Waals surface area contributed by atoms with E-state index in [9.17, 15) is 19.2 Å². The van der Waals surface area contributed by atoms with Crippen LogP contribution in [0.3, 0.4) is 0 Å². The number of aromatic nitrogens is 4. The molecule has 0 aliphatic carbocycles. The number of hydrogen-bond acceptors (Lipinski definition) is 8. The Labute approximate surface area is 198 Å². The monoisotopic (exact) mass is 470 g/mol. The number of nitrogens with zero attached hydrogens (tertiary/aromatic N) is 4. The first kappa shape index (κ1) is 21.9. The van der Waals surface area contributed by atoms with E-state index in [1.165, 1.54) is 31.7 Å². The summed E-state index contributed by atoms with van der Waals surface area (Å²) in [6.07, 6.45) is 1.55. The number of fused-ring (bicyclic) bond motifs is 2. The zero-order valence-electron chi connectivity index (χ0n) is 18.4. The van der Waals surface area contributed by atoms with Crippen LogP contribution >= 0.6 is 0 Å². The first-order valence-electron chi connectivity index (χ1n) is 10.6. The zero-order chi connectivity index (χ0) is 24.5. The Bertz CT molecular complexity index is 1460. The van der Waals surface area contributed by atoms with Crippen LogP contribution in [-0.4, -0.2) is 54.6 Å². The van der Waals surface area contributed by atoms with Crippen molar-refractivity contribution in [1.82, 2.24) is 24.8 Å². The van der Waals surface area contributed by atoms with Gasteiger partial charge in [0, 0.05) is 0 Å². The fourth-order valence-corrected chi connectivity index (χ4v) is 3.72. The molecule has 11 nitrogen and oxygen atoms in total. The van der Waals surface area contributed by atoms with Crippen molar-refractivity contribution < 1.29 is 23.9 Å². The van der Waals surface area contributed by atoms with Crippen molar-refractivity contribution in [1.29, 1.82) is 0 Å². The van der Waals surface area contributed by atoms with Crippen LogP contribution in [0.1, 0.15) is 43.6 Å². The molecule has 0 bridgehead atoms. The smallest absolute Gasteiger partial charge is 0.338 e. The molecular weight excluding hydrogens is 452 g/mol. The molecule has 3 amide bonds. The minimum Gasteiger partial charge on any atom is -0.449 e. The molecule has 11 heteroatoms. The summed E-state index contributed by atoms with van der Waals surface area (Å²) in [5.74, 6) is -1.88. The molecule has 35 heavy (non-hydrogen) atoms. The van der Waals surface area contributed by atoms with Gasteiger partial charge in [-0.3, -0.25) is 19.3 Å². The molecule has 0 radical (unpaired) electrons. The van der Waals surface area contributed by atoms with Gasteiger partial charge in [0.25, 0.3) is 17.7 Å². The van der Waals surface area contributed by atoms with Crippen molar-refractivity contribution in [2.45, 2.75) is 19.6 Å². The van der Waals surface area contributed by atoms with Crippen molar-refractivity contribution in [3.8, 4) is 0 Å². The molecule has 1 aliphatic rings. The molecule has 174 valence electrons. The van der Waals surface area contributed by atoms with E-state index >= 15 is 0 Å². The number of imide groups is 1. The number of nitrogens with one attached hydrogen (secondary N) is 2. The van der Waals surface area contributed by atoms with Gasteiger partial charge in [-0.1, -0.05) is 24.3 Å². The second kappa shape index (κ2) is 8.78. The molecule has 0 fully saturated rings. The summed E-state index contributed by atoms with van der Waals surface area (Å²) < 4.78 is 5.31. The Balaban J connectivity index is 1.25. The van der Waals surface area contributed by atoms with Gasteiger partial charge in [0.15, 0.2) is 17.6 Å². The first-order chi connectivity index (χ1) is 16.9. The second-order valence-corrected chi connectivity index (χ2v) is 7.80. The first-order valence-corrected chi connectivity index (χ1v) is 10.6. The Kier molecular flexibility index (Phi) is 5.49. The number of anilines is 1. The molecule has 3 heterocycles. The number of aromatic amines is 1. The molecule has 0 saturated heterocycles. The number of carbonyl (C=O) groups is 4. The van der Waals surface area contributed by atoms with Crippen LogP contribution < -0.4 is 5.32 Å². The molecule has 1 atom stereocenters. The van der Waals surface area contributed by atoms with Crippen LogP contribution in [0.2, 0.25) is 0 Å². The lowest BCUT2D eigenvalue weighted by Crippen LogP contribution is -2.30. The van der Waals surface area contributed by atoms with E-state index in [4.69, 9.17) is 4.74 Å². The van der Waals surface area contributed by atoms with Gasteiger partial charge < -0.3 is 15.0 Å². The number of benzene rings is 2. The van der Waals surface area contributed by atoms with Crippen LogP contribution in [0.5, 0.6) is 0 Å². The van der Waals surface area contributed by atoms with E-state index in [0.29, 0.717) is 27.9 Å². The highest BCUT2D eigenvalue weighted by Crippen LogP contribution is 2.24. The number of carbonyl (C=O) groups excluding carboxylic acids is 4. The van der Waals surface area contributed by atoms with Gasteiger partial charge >= 0.3 is 5.97 Å². The average molecular weight is 470 g/mol. The van der Waals surface area contributed by atoms with E-state index in [-0.39, 0.29) is 29.7 Å². The lowest BCUT2D eigenvalue weighted by Gasteiger charge is -2.15. The van der Waals surface area contributed by atoms with Gasteiger partial charge in [-0.05, 0) is 36.8 Å². The van der Waals surface area contributed by atoms with Gasteiger partial charge in [-0.2, -0.15) is 0 Å². The third-order valence-corrected chi connectivity index (χ3v) is 5.50. The van der Waals surface area contributed by atoms with E-state index in [2.05, 4.69) is 25.3 Å². The zero-order valence-corrected chi connectivity index (χ0v) is 18.4. The molecule has 4 aromatic rings. The SMILES string of the molecule is CC(OC(=O)c1cccc(CN2C(=O)c3ccccc3C2=O)c1)C(=O)Nc1ncnc2nc[nH]c12. The van der Waals surface area contributed by atoms with Crippen LogP contribution in [0.4, 0.5) is 5.82 Å². The topological polar surface area (TPSA) is 147 Å². The maximum Gasteiger partial charge on any atom is 0.338 e. The van der Waals surface area contributed by atoms with Crippen molar-refractivity contribution in [3.63, 3.8) is 0 Å². The van der Waals surface area contributed by atoms with E-state index in [1.807, 2.05) is 0 Å². The van der Waals surface area contributed by atoms with Gasteiger partial charge in [0.05, 0.1) is 29.6 Å². The highest BCUT2D eigenvalue weighted by molar-refractivity contribution is 6.21. The molecular formula is C24H18N6O5. The Morgan fingerprint density at radius 1 is 1.03 bits per heavy atom. The summed E-state index contributed by atoms with van der Waals surface area (Å²) in [7, 11) is 0. The van der Waals surface area contributed by atoms with Crippen LogP contribution in [0.15, 0.2) is 61.2 Å². The van der Waals surface area contributed by atoms with Crippen LogP contribution in [0, 0.1) is 0 Å². The standard InChI is InChI=1S/C24H18N6O5/c1-13(21(31)29-20-18-19(26-11-25-18)27-12-28-20)35-24(34)15-6-4-5-14(9-15)10-30-22(32)16-7-2-3-8-17(16)23(30)33/h2-9,11-13H,10H2,1H3,(H2,25,26,27,28,29,31). The molecule has 1 aliphatic heterocycles. The number of ether oxygens (including phenoxy) is 1. The highest BCUT2D eigenvalue weighted by Gasteiger charge is 2.35. The van der Waals surface area contributed by atoms with Gasteiger partial charge in [-0.25, -0.2) is 19.7 Å². The Morgan fingerprint density at radius 3 is 2.51 bits per heavy atom. The lowest BCUT2D eigenvalue weighted by atomic mass is 10.1. The van der Waals surface area contributed by atoms with Crippen LogP contribution in [-0.2, 0) is 16.1 Å². The summed E-state index contributed by atoms with van der Waals surface area (Å²) in [6, 6.07) is 13.0. The maximum atomic E-state index is 12.7. The fraction of sp³-hybridized carbons (Fsp3) is 0.125. The number of H-pyrrole nitrogens is 1. The van der Waals surface area contributed by atoms with E-state index < -0.39 is 18.0 Å². The summed E-state index contributed by atoms with van der Waals surface area (Å²) in [5.41, 5.74) is 2.27. The van der Waals surface area contributed by atoms with E-state index in [0.717, 1.165) is 4.90 Å². The molecule has 2 aromatic carbocycles. The van der Waals surface area contributed by atoms with Gasteiger partial charge in [0.2, 0.25) is 0 Å². The van der Waals surface area contributed by atoms with Crippen LogP contribution in [0.25, 0.3) is 11.2 Å². The third kappa shape index (κ3) is 4.10. The summed E-state index contributed by atoms with van der Waals surface area (Å²) in [5, 5.41) is 2.59. The Morgan fingerprint density at radius 2 is 1.77 bits per heavy atom. The molecule has 1 unspecified atom stereocenters.